The summed E-state index contributed by atoms with van der Waals surface area (Å²) in [5.74, 6) is -1.92. The normalized spacial score (nSPS) is 42.1. The van der Waals surface area contributed by atoms with Crippen LogP contribution in [-0.4, -0.2) is 100 Å². The number of ether oxygens (including phenoxy) is 3. The van der Waals surface area contributed by atoms with Gasteiger partial charge in [0.05, 0.1) is 26.4 Å². The molecular weight excluding hydrogens is 388 g/mol. The highest BCUT2D eigenvalue weighted by atomic mass is 16.7. The number of esters is 1. The molecule has 0 aromatic carbocycles. The van der Waals surface area contributed by atoms with E-state index in [4.69, 9.17) is 14.2 Å². The van der Waals surface area contributed by atoms with Crippen molar-refractivity contribution < 1.29 is 49.6 Å². The van der Waals surface area contributed by atoms with Crippen LogP contribution in [0.3, 0.4) is 0 Å². The third kappa shape index (κ3) is 3.99. The number of rotatable bonds is 6. The van der Waals surface area contributed by atoms with Crippen LogP contribution in [-0.2, 0) is 19.0 Å². The van der Waals surface area contributed by atoms with Crippen molar-refractivity contribution in [1.29, 1.82) is 0 Å². The maximum absolute atomic E-state index is 12.2. The lowest BCUT2D eigenvalue weighted by Crippen LogP contribution is -2.60. The van der Waals surface area contributed by atoms with Gasteiger partial charge in [-0.25, -0.2) is 4.79 Å². The van der Waals surface area contributed by atoms with Gasteiger partial charge >= 0.3 is 5.97 Å². The molecule has 1 heterocycles. The second kappa shape index (κ2) is 9.19. The van der Waals surface area contributed by atoms with Gasteiger partial charge in [0.15, 0.2) is 6.29 Å². The highest BCUT2D eigenvalue weighted by molar-refractivity contribution is 5.89. The van der Waals surface area contributed by atoms with Crippen LogP contribution >= 0.6 is 0 Å². The van der Waals surface area contributed by atoms with Crippen LogP contribution in [0.15, 0.2) is 23.3 Å². The molecule has 1 saturated heterocycles. The van der Waals surface area contributed by atoms with Gasteiger partial charge in [0.1, 0.15) is 24.4 Å². The molecule has 0 unspecified atom stereocenters. The Morgan fingerprint density at radius 2 is 1.83 bits per heavy atom. The fourth-order valence-electron chi connectivity index (χ4n) is 4.56. The van der Waals surface area contributed by atoms with Crippen LogP contribution in [0.2, 0.25) is 0 Å². The quantitative estimate of drug-likeness (QED) is 0.200. The number of carbonyl (C=O) groups excluding carboxylic acids is 1. The van der Waals surface area contributed by atoms with Gasteiger partial charge in [0, 0.05) is 29.9 Å². The Kier molecular flexibility index (Phi) is 7.07. The average Bonchev–Trinajstić information content (AvgIpc) is 3.13. The Hall–Kier alpha value is -1.37. The lowest BCUT2D eigenvalue weighted by atomic mass is 9.73. The van der Waals surface area contributed by atoms with Crippen molar-refractivity contribution in [2.24, 2.45) is 17.8 Å². The molecule has 0 aromatic heterocycles. The highest BCUT2D eigenvalue weighted by Gasteiger charge is 2.50. The Morgan fingerprint density at radius 3 is 2.41 bits per heavy atom. The molecule has 0 saturated carbocycles. The van der Waals surface area contributed by atoms with Crippen molar-refractivity contribution in [1.82, 2.24) is 0 Å². The number of carbonyl (C=O) groups is 1. The fourth-order valence-corrected chi connectivity index (χ4v) is 4.56. The molecule has 0 bridgehead atoms. The summed E-state index contributed by atoms with van der Waals surface area (Å²) >= 11 is 0. The fraction of sp³-hybridized carbons (Fsp3) is 0.737. The number of hydrogen-bond donors (Lipinski definition) is 6. The van der Waals surface area contributed by atoms with Crippen LogP contribution in [0.1, 0.15) is 6.42 Å². The predicted octanol–water partition coefficient (Wildman–Crippen LogP) is -2.55. The number of aliphatic hydroxyl groups excluding tert-OH is 6. The summed E-state index contributed by atoms with van der Waals surface area (Å²) in [5, 5.41) is 59.1. The molecule has 9 atom stereocenters. The minimum absolute atomic E-state index is 0.232. The molecule has 0 aromatic rings. The van der Waals surface area contributed by atoms with Crippen LogP contribution in [0, 0.1) is 17.8 Å². The van der Waals surface area contributed by atoms with E-state index in [0.717, 1.165) is 0 Å². The lowest BCUT2D eigenvalue weighted by molar-refractivity contribution is -0.315. The van der Waals surface area contributed by atoms with E-state index >= 15 is 0 Å². The first kappa shape index (κ1) is 22.3. The Balaban J connectivity index is 1.87. The van der Waals surface area contributed by atoms with E-state index in [9.17, 15) is 35.4 Å². The standard InChI is InChI=1S/C19H28O10/c1-27-18(26)10-2-3-11(14-9(6-21)4-8(5-20)13(10)14)28-19-17(25)16(24)15(23)12(7-22)29-19/h2,4,8,11-17,19-25H,3,5-7H2,1H3/t8-,11+,12+,13+,14-,15+,16-,17+,19+/m0/s1. The number of aliphatic hydroxyl groups is 6. The second-order valence-corrected chi connectivity index (χ2v) is 7.56. The van der Waals surface area contributed by atoms with E-state index in [0.29, 0.717) is 11.1 Å². The number of hydrogen-bond acceptors (Lipinski definition) is 10. The zero-order chi connectivity index (χ0) is 21.3. The molecule has 0 amide bonds. The van der Waals surface area contributed by atoms with Crippen molar-refractivity contribution in [3.8, 4) is 0 Å². The van der Waals surface area contributed by atoms with Crippen LogP contribution in [0.5, 0.6) is 0 Å². The summed E-state index contributed by atoms with van der Waals surface area (Å²) in [4.78, 5) is 12.2. The molecule has 6 N–H and O–H groups in total. The van der Waals surface area contributed by atoms with Crippen molar-refractivity contribution in [2.45, 2.75) is 43.2 Å². The Morgan fingerprint density at radius 1 is 1.10 bits per heavy atom. The Labute approximate surface area is 167 Å². The molecule has 0 spiro atoms. The maximum atomic E-state index is 12.2. The molecule has 1 fully saturated rings. The SMILES string of the molecule is COC(=O)C1=CC[C@@H](O[C@@H]2O[C@H](CO)[C@@H](O)[C@H](O)[C@H]2O)[C@@H]2C(CO)=C[C@@H](CO)[C@H]12. The van der Waals surface area contributed by atoms with E-state index in [1.807, 2.05) is 0 Å². The zero-order valence-corrected chi connectivity index (χ0v) is 16.0. The third-order valence-corrected chi connectivity index (χ3v) is 6.01. The van der Waals surface area contributed by atoms with Gasteiger partial charge < -0.3 is 44.8 Å². The van der Waals surface area contributed by atoms with Gasteiger partial charge in [-0.3, -0.25) is 0 Å². The summed E-state index contributed by atoms with van der Waals surface area (Å²) < 4.78 is 16.2. The van der Waals surface area contributed by atoms with Crippen molar-refractivity contribution in [2.75, 3.05) is 26.9 Å². The number of methoxy groups -OCH3 is 1. The first-order chi connectivity index (χ1) is 13.9. The van der Waals surface area contributed by atoms with E-state index in [1.54, 1.807) is 12.2 Å². The van der Waals surface area contributed by atoms with Crippen molar-refractivity contribution in [3.05, 3.63) is 23.3 Å². The number of fused-ring (bicyclic) bond motifs is 1. The van der Waals surface area contributed by atoms with E-state index < -0.39 is 67.1 Å². The first-order valence-corrected chi connectivity index (χ1v) is 9.54. The highest BCUT2D eigenvalue weighted by Crippen LogP contribution is 2.48. The third-order valence-electron chi connectivity index (χ3n) is 6.01. The summed E-state index contributed by atoms with van der Waals surface area (Å²) in [6.07, 6.45) is -4.15. The largest absolute Gasteiger partial charge is 0.466 e. The van der Waals surface area contributed by atoms with Crippen LogP contribution in [0.25, 0.3) is 0 Å². The molecule has 2 aliphatic carbocycles. The van der Waals surface area contributed by atoms with Crippen LogP contribution in [0.4, 0.5) is 0 Å². The van der Waals surface area contributed by atoms with Gasteiger partial charge in [-0.1, -0.05) is 12.2 Å². The summed E-state index contributed by atoms with van der Waals surface area (Å²) in [7, 11) is 1.26. The topological polar surface area (TPSA) is 166 Å². The minimum Gasteiger partial charge on any atom is -0.466 e. The van der Waals surface area contributed by atoms with Crippen molar-refractivity contribution >= 4 is 5.97 Å². The van der Waals surface area contributed by atoms with E-state index in [1.165, 1.54) is 7.11 Å². The molecule has 10 nitrogen and oxygen atoms in total. The molecule has 1 aliphatic heterocycles. The van der Waals surface area contributed by atoms with E-state index in [2.05, 4.69) is 0 Å². The summed E-state index contributed by atoms with van der Waals surface area (Å²) in [5.41, 5.74) is 0.961. The van der Waals surface area contributed by atoms with Gasteiger partial charge in [0.25, 0.3) is 0 Å². The monoisotopic (exact) mass is 416 g/mol. The summed E-state index contributed by atoms with van der Waals surface area (Å²) in [6, 6.07) is 0. The average molecular weight is 416 g/mol. The molecular formula is C19H28O10. The van der Waals surface area contributed by atoms with Gasteiger partial charge in [-0.2, -0.15) is 0 Å². The molecule has 10 heteroatoms. The Bertz CT molecular complexity index is 659. The lowest BCUT2D eigenvalue weighted by Gasteiger charge is -2.43. The van der Waals surface area contributed by atoms with Crippen LogP contribution < -0.4 is 0 Å². The molecule has 0 radical (unpaired) electrons. The molecule has 3 aliphatic rings. The van der Waals surface area contributed by atoms with E-state index in [-0.39, 0.29) is 19.6 Å². The first-order valence-electron chi connectivity index (χ1n) is 9.54. The predicted molar refractivity (Wildman–Crippen MR) is 96.1 cm³/mol. The molecule has 3 rings (SSSR count). The minimum atomic E-state index is -1.58. The molecule has 164 valence electrons. The summed E-state index contributed by atoms with van der Waals surface area (Å²) in [6.45, 7) is -1.13. The smallest absolute Gasteiger partial charge is 0.333 e. The maximum Gasteiger partial charge on any atom is 0.333 e. The molecule has 29 heavy (non-hydrogen) atoms. The van der Waals surface area contributed by atoms with Gasteiger partial charge in [-0.15, -0.1) is 0 Å². The zero-order valence-electron chi connectivity index (χ0n) is 16.0. The van der Waals surface area contributed by atoms with Gasteiger partial charge in [0.2, 0.25) is 0 Å². The second-order valence-electron chi connectivity index (χ2n) is 7.56. The van der Waals surface area contributed by atoms with Crippen molar-refractivity contribution in [3.63, 3.8) is 0 Å². The van der Waals surface area contributed by atoms with Gasteiger partial charge in [-0.05, 0) is 12.0 Å².